The molecule has 0 aliphatic heterocycles. The van der Waals surface area contributed by atoms with Gasteiger partial charge < -0.3 is 10.1 Å². The van der Waals surface area contributed by atoms with Gasteiger partial charge >= 0.3 is 0 Å². The van der Waals surface area contributed by atoms with Crippen molar-refractivity contribution in [3.63, 3.8) is 0 Å². The van der Waals surface area contributed by atoms with Crippen LogP contribution in [0.2, 0.25) is 0 Å². The van der Waals surface area contributed by atoms with Gasteiger partial charge in [-0.2, -0.15) is 0 Å². The summed E-state index contributed by atoms with van der Waals surface area (Å²) in [7, 11) is -0.662. The molecule has 146 valence electrons. The summed E-state index contributed by atoms with van der Waals surface area (Å²) in [6.45, 7) is 4.17. The summed E-state index contributed by atoms with van der Waals surface area (Å²) in [5.74, 6) is 0.802. The zero-order chi connectivity index (χ0) is 20.0. The van der Waals surface area contributed by atoms with Crippen LogP contribution in [0.5, 0.6) is 5.75 Å². The molecule has 0 spiro atoms. The van der Waals surface area contributed by atoms with Gasteiger partial charge in [0.05, 0.1) is 18.0 Å². The van der Waals surface area contributed by atoms with Crippen molar-refractivity contribution >= 4 is 15.9 Å². The molecule has 6 nitrogen and oxygen atoms in total. The Balaban J connectivity index is 2.26. The van der Waals surface area contributed by atoms with E-state index < -0.39 is 10.0 Å². The highest BCUT2D eigenvalue weighted by Crippen LogP contribution is 2.24. The first-order valence-corrected chi connectivity index (χ1v) is 10.2. The van der Waals surface area contributed by atoms with Crippen LogP contribution in [0.3, 0.4) is 0 Å². The molecular formula is C20H26N2O4S. The van der Waals surface area contributed by atoms with E-state index >= 15 is 0 Å². The highest BCUT2D eigenvalue weighted by atomic mass is 32.2. The Bertz CT molecular complexity index is 877. The lowest BCUT2D eigenvalue weighted by Gasteiger charge is -2.21. The van der Waals surface area contributed by atoms with Crippen molar-refractivity contribution in [3.05, 3.63) is 59.7 Å². The minimum Gasteiger partial charge on any atom is -0.497 e. The lowest BCUT2D eigenvalue weighted by molar-refractivity contribution is 0.0931. The van der Waals surface area contributed by atoms with Gasteiger partial charge in [-0.1, -0.05) is 32.0 Å². The fourth-order valence-corrected chi connectivity index (χ4v) is 3.53. The summed E-state index contributed by atoms with van der Waals surface area (Å²) in [5.41, 5.74) is 1.27. The first kappa shape index (κ1) is 20.9. The number of hydrogen-bond acceptors (Lipinski definition) is 4. The number of nitrogens with one attached hydrogen (secondary N) is 2. The molecule has 0 bridgehead atoms. The van der Waals surface area contributed by atoms with Gasteiger partial charge in [-0.3, -0.25) is 4.79 Å². The van der Waals surface area contributed by atoms with Gasteiger partial charge in [0, 0.05) is 5.56 Å². The molecule has 0 radical (unpaired) electrons. The van der Waals surface area contributed by atoms with Crippen LogP contribution in [-0.2, 0) is 10.0 Å². The SMILES string of the molecule is CNS(=O)(=O)c1cccc(C(=O)NC(CC(C)C)c2ccc(OC)cc2)c1. The minimum absolute atomic E-state index is 0.0579. The quantitative estimate of drug-likeness (QED) is 0.725. The summed E-state index contributed by atoms with van der Waals surface area (Å²) in [6.07, 6.45) is 0.757. The predicted molar refractivity (Wildman–Crippen MR) is 105 cm³/mol. The number of rotatable bonds is 8. The molecule has 7 heteroatoms. The molecule has 2 N–H and O–H groups in total. The highest BCUT2D eigenvalue weighted by molar-refractivity contribution is 7.89. The predicted octanol–water partition coefficient (Wildman–Crippen LogP) is 3.12. The van der Waals surface area contributed by atoms with E-state index in [1.165, 1.54) is 19.2 Å². The van der Waals surface area contributed by atoms with Crippen LogP contribution in [0.25, 0.3) is 0 Å². The van der Waals surface area contributed by atoms with Gasteiger partial charge in [-0.15, -0.1) is 0 Å². The summed E-state index contributed by atoms with van der Waals surface area (Å²) in [5, 5.41) is 3.02. The third kappa shape index (κ3) is 5.55. The maximum Gasteiger partial charge on any atom is 0.251 e. The van der Waals surface area contributed by atoms with Gasteiger partial charge in [-0.05, 0) is 55.3 Å². The molecule has 27 heavy (non-hydrogen) atoms. The van der Waals surface area contributed by atoms with Crippen molar-refractivity contribution in [3.8, 4) is 5.75 Å². The van der Waals surface area contributed by atoms with E-state index in [0.717, 1.165) is 17.7 Å². The number of amides is 1. The molecule has 0 saturated carbocycles. The number of methoxy groups -OCH3 is 1. The fraction of sp³-hybridized carbons (Fsp3) is 0.350. The number of hydrogen-bond donors (Lipinski definition) is 2. The largest absolute Gasteiger partial charge is 0.497 e. The zero-order valence-electron chi connectivity index (χ0n) is 16.0. The summed E-state index contributed by atoms with van der Waals surface area (Å²) >= 11 is 0. The van der Waals surface area contributed by atoms with Crippen molar-refractivity contribution < 1.29 is 17.9 Å². The maximum atomic E-state index is 12.7. The molecule has 1 amide bonds. The molecule has 0 aliphatic rings. The lowest BCUT2D eigenvalue weighted by atomic mass is 9.96. The molecule has 0 heterocycles. The van der Waals surface area contributed by atoms with Crippen LogP contribution in [0.15, 0.2) is 53.4 Å². The highest BCUT2D eigenvalue weighted by Gasteiger charge is 2.19. The topological polar surface area (TPSA) is 84.5 Å². The average Bonchev–Trinajstić information content (AvgIpc) is 2.67. The second-order valence-electron chi connectivity index (χ2n) is 6.66. The molecule has 2 rings (SSSR count). The number of sulfonamides is 1. The van der Waals surface area contributed by atoms with Crippen LogP contribution in [0.4, 0.5) is 0 Å². The van der Waals surface area contributed by atoms with Crippen LogP contribution in [-0.4, -0.2) is 28.5 Å². The first-order valence-electron chi connectivity index (χ1n) is 8.75. The van der Waals surface area contributed by atoms with Crippen molar-refractivity contribution in [1.29, 1.82) is 0 Å². The van der Waals surface area contributed by atoms with E-state index in [-0.39, 0.29) is 16.8 Å². The normalized spacial score (nSPS) is 12.6. The van der Waals surface area contributed by atoms with Gasteiger partial charge in [0.25, 0.3) is 5.91 Å². The Labute approximate surface area is 161 Å². The molecule has 0 aliphatic carbocycles. The van der Waals surface area contributed by atoms with Crippen molar-refractivity contribution in [2.24, 2.45) is 5.92 Å². The lowest BCUT2D eigenvalue weighted by Crippen LogP contribution is -2.30. The maximum absolute atomic E-state index is 12.7. The first-order chi connectivity index (χ1) is 12.8. The number of carbonyl (C=O) groups is 1. The van der Waals surface area contributed by atoms with E-state index in [1.807, 2.05) is 24.3 Å². The van der Waals surface area contributed by atoms with Gasteiger partial charge in [0.1, 0.15) is 5.75 Å². The van der Waals surface area contributed by atoms with Crippen molar-refractivity contribution in [1.82, 2.24) is 10.0 Å². The van der Waals surface area contributed by atoms with E-state index in [0.29, 0.717) is 11.5 Å². The minimum atomic E-state index is -3.61. The molecule has 0 saturated heterocycles. The monoisotopic (exact) mass is 390 g/mol. The Morgan fingerprint density at radius 1 is 1.11 bits per heavy atom. The Morgan fingerprint density at radius 2 is 1.78 bits per heavy atom. The summed E-state index contributed by atoms with van der Waals surface area (Å²) in [6, 6.07) is 13.4. The summed E-state index contributed by atoms with van der Waals surface area (Å²) in [4.78, 5) is 12.8. The number of carbonyl (C=O) groups excluding carboxylic acids is 1. The second-order valence-corrected chi connectivity index (χ2v) is 8.55. The average molecular weight is 391 g/mol. The zero-order valence-corrected chi connectivity index (χ0v) is 16.8. The molecular weight excluding hydrogens is 364 g/mol. The molecule has 0 aromatic heterocycles. The standard InChI is InChI=1S/C20H26N2O4S/c1-14(2)12-19(15-8-10-17(26-4)11-9-15)22-20(23)16-6-5-7-18(13-16)27(24,25)21-3/h5-11,13-14,19,21H,12H2,1-4H3,(H,22,23). The molecule has 0 fully saturated rings. The second kappa shape index (κ2) is 9.01. The van der Waals surface area contributed by atoms with Crippen molar-refractivity contribution in [2.45, 2.75) is 31.2 Å². The Kier molecular flexibility index (Phi) is 6.98. The molecule has 2 aromatic rings. The number of ether oxygens (including phenoxy) is 1. The number of benzene rings is 2. The summed E-state index contributed by atoms with van der Waals surface area (Å²) < 4.78 is 31.4. The van der Waals surface area contributed by atoms with Crippen molar-refractivity contribution in [2.75, 3.05) is 14.2 Å². The third-order valence-corrected chi connectivity index (χ3v) is 5.62. The van der Waals surface area contributed by atoms with E-state index in [1.54, 1.807) is 19.2 Å². The smallest absolute Gasteiger partial charge is 0.251 e. The van der Waals surface area contributed by atoms with Gasteiger partial charge in [0.2, 0.25) is 10.0 Å². The Morgan fingerprint density at radius 3 is 2.33 bits per heavy atom. The molecule has 1 unspecified atom stereocenters. The molecule has 1 atom stereocenters. The van der Waals surface area contributed by atoms with E-state index in [2.05, 4.69) is 23.9 Å². The Hall–Kier alpha value is -2.38. The van der Waals surface area contributed by atoms with Crippen LogP contribution >= 0.6 is 0 Å². The van der Waals surface area contributed by atoms with Crippen LogP contribution in [0, 0.1) is 5.92 Å². The third-order valence-electron chi connectivity index (χ3n) is 4.21. The van der Waals surface area contributed by atoms with Crippen LogP contribution < -0.4 is 14.8 Å². The van der Waals surface area contributed by atoms with Gasteiger partial charge in [0.15, 0.2) is 0 Å². The molecule has 2 aromatic carbocycles. The fourth-order valence-electron chi connectivity index (χ4n) is 2.75. The van der Waals surface area contributed by atoms with Gasteiger partial charge in [-0.25, -0.2) is 13.1 Å². The van der Waals surface area contributed by atoms with E-state index in [4.69, 9.17) is 4.74 Å². The van der Waals surface area contributed by atoms with E-state index in [9.17, 15) is 13.2 Å². The van der Waals surface area contributed by atoms with Crippen LogP contribution in [0.1, 0.15) is 42.2 Å².